The van der Waals surface area contributed by atoms with Crippen LogP contribution in [0.4, 0.5) is 0 Å². The quantitative estimate of drug-likeness (QED) is 0.788. The van der Waals surface area contributed by atoms with Crippen LogP contribution in [0.5, 0.6) is 0 Å². The summed E-state index contributed by atoms with van der Waals surface area (Å²) >= 11 is 0. The molecule has 7 nitrogen and oxygen atoms in total. The van der Waals surface area contributed by atoms with E-state index in [2.05, 4.69) is 21.2 Å². The second-order valence-electron chi connectivity index (χ2n) is 6.20. The Morgan fingerprint density at radius 2 is 2.24 bits per heavy atom. The smallest absolute Gasteiger partial charge is 0.241 e. The Bertz CT molecular complexity index is 885. The largest absolute Gasteiger partial charge is 0.423 e. The van der Waals surface area contributed by atoms with Gasteiger partial charge in [0.2, 0.25) is 17.7 Å². The molecule has 4 rings (SSSR count). The van der Waals surface area contributed by atoms with Gasteiger partial charge < -0.3 is 19.0 Å². The van der Waals surface area contributed by atoms with Crippen molar-refractivity contribution in [1.82, 2.24) is 20.1 Å². The Kier molecular flexibility index (Phi) is 4.23. The van der Waals surface area contributed by atoms with Crippen LogP contribution in [0.1, 0.15) is 29.8 Å². The summed E-state index contributed by atoms with van der Waals surface area (Å²) in [7, 11) is 0. The van der Waals surface area contributed by atoms with E-state index < -0.39 is 0 Å². The molecule has 1 amide bonds. The molecular weight excluding hydrogens is 320 g/mol. The fraction of sp³-hybridized carbons (Fsp3) is 0.389. The van der Waals surface area contributed by atoms with Gasteiger partial charge in [0.15, 0.2) is 0 Å². The fourth-order valence-corrected chi connectivity index (χ4v) is 3.28. The van der Waals surface area contributed by atoms with Crippen molar-refractivity contribution >= 4 is 16.8 Å². The molecule has 0 saturated carbocycles. The number of rotatable bonds is 4. The molecule has 1 aliphatic heterocycles. The number of nitrogens with zero attached hydrogens (tertiary/aromatic N) is 3. The molecule has 1 unspecified atom stereocenters. The normalized spacial score (nSPS) is 18.0. The van der Waals surface area contributed by atoms with Crippen LogP contribution in [0.15, 0.2) is 34.9 Å². The molecule has 0 bridgehead atoms. The number of H-pyrrole nitrogens is 1. The number of fused-ring (bicyclic) bond motifs is 1. The highest BCUT2D eigenvalue weighted by Crippen LogP contribution is 2.25. The number of hydrogen-bond acceptors (Lipinski definition) is 5. The fourth-order valence-electron chi connectivity index (χ4n) is 3.28. The van der Waals surface area contributed by atoms with Gasteiger partial charge in [-0.1, -0.05) is 18.2 Å². The first-order valence-corrected chi connectivity index (χ1v) is 8.44. The van der Waals surface area contributed by atoms with Gasteiger partial charge in [-0.15, -0.1) is 10.2 Å². The van der Waals surface area contributed by atoms with E-state index in [-0.39, 0.29) is 11.9 Å². The van der Waals surface area contributed by atoms with E-state index in [0.29, 0.717) is 44.4 Å². The average Bonchev–Trinajstić information content (AvgIpc) is 3.26. The van der Waals surface area contributed by atoms with Crippen LogP contribution in [-0.2, 0) is 16.0 Å². The first-order chi connectivity index (χ1) is 12.2. The number of ether oxygens (including phenoxy) is 1. The second kappa shape index (κ2) is 6.68. The molecule has 1 aromatic carbocycles. The van der Waals surface area contributed by atoms with Gasteiger partial charge in [0.25, 0.3) is 0 Å². The summed E-state index contributed by atoms with van der Waals surface area (Å²) in [4.78, 5) is 17.8. The maximum Gasteiger partial charge on any atom is 0.241 e. The molecule has 1 N–H and O–H groups in total. The third-order valence-electron chi connectivity index (χ3n) is 4.56. The summed E-state index contributed by atoms with van der Waals surface area (Å²) in [5.74, 6) is 1.01. The van der Waals surface area contributed by atoms with E-state index in [1.54, 1.807) is 11.8 Å². The standard InChI is InChI=1S/C18H20N4O3/c1-12-20-21-18(25-12)16-11-24-9-8-22(16)17(23)7-6-13-10-19-15-5-3-2-4-14(13)15/h2-5,10,16,19H,6-9,11H2,1H3. The van der Waals surface area contributed by atoms with Crippen molar-refractivity contribution in [2.45, 2.75) is 25.8 Å². The zero-order chi connectivity index (χ0) is 17.2. The topological polar surface area (TPSA) is 84.3 Å². The van der Waals surface area contributed by atoms with Crippen LogP contribution in [-0.4, -0.2) is 45.7 Å². The molecule has 1 fully saturated rings. The third kappa shape index (κ3) is 3.15. The molecule has 0 radical (unpaired) electrons. The maximum absolute atomic E-state index is 12.8. The summed E-state index contributed by atoms with van der Waals surface area (Å²) in [6, 6.07) is 7.82. The molecule has 25 heavy (non-hydrogen) atoms. The number of benzene rings is 1. The molecule has 7 heteroatoms. The maximum atomic E-state index is 12.8. The monoisotopic (exact) mass is 340 g/mol. The Morgan fingerprint density at radius 3 is 3.08 bits per heavy atom. The lowest BCUT2D eigenvalue weighted by Crippen LogP contribution is -2.43. The van der Waals surface area contributed by atoms with Gasteiger partial charge in [-0.25, -0.2) is 0 Å². The Labute approximate surface area is 145 Å². The van der Waals surface area contributed by atoms with Gasteiger partial charge in [-0.3, -0.25) is 4.79 Å². The lowest BCUT2D eigenvalue weighted by molar-refractivity contribution is -0.141. The van der Waals surface area contributed by atoms with Crippen LogP contribution >= 0.6 is 0 Å². The van der Waals surface area contributed by atoms with Gasteiger partial charge >= 0.3 is 0 Å². The van der Waals surface area contributed by atoms with Crippen LogP contribution < -0.4 is 0 Å². The van der Waals surface area contributed by atoms with Crippen molar-refractivity contribution in [3.05, 3.63) is 47.8 Å². The summed E-state index contributed by atoms with van der Waals surface area (Å²) in [5, 5.41) is 9.09. The Hall–Kier alpha value is -2.67. The first-order valence-electron chi connectivity index (χ1n) is 8.44. The second-order valence-corrected chi connectivity index (χ2v) is 6.20. The van der Waals surface area contributed by atoms with E-state index in [1.165, 1.54) is 5.39 Å². The number of carbonyl (C=O) groups is 1. The highest BCUT2D eigenvalue weighted by Gasteiger charge is 2.32. The number of aromatic amines is 1. The van der Waals surface area contributed by atoms with Crippen LogP contribution in [0.25, 0.3) is 10.9 Å². The number of morpholine rings is 1. The van der Waals surface area contributed by atoms with Crippen molar-refractivity contribution < 1.29 is 13.9 Å². The SMILES string of the molecule is Cc1nnc(C2COCCN2C(=O)CCc2c[nH]c3ccccc23)o1. The number of aryl methyl sites for hydroxylation is 2. The van der Waals surface area contributed by atoms with Crippen LogP contribution in [0.3, 0.4) is 0 Å². The van der Waals surface area contributed by atoms with E-state index in [1.807, 2.05) is 24.4 Å². The van der Waals surface area contributed by atoms with Crippen LogP contribution in [0.2, 0.25) is 0 Å². The van der Waals surface area contributed by atoms with E-state index in [9.17, 15) is 4.79 Å². The van der Waals surface area contributed by atoms with Gasteiger partial charge in [-0.05, 0) is 18.1 Å². The number of nitrogens with one attached hydrogen (secondary N) is 1. The predicted molar refractivity (Wildman–Crippen MR) is 90.9 cm³/mol. The number of aromatic nitrogens is 3. The van der Waals surface area contributed by atoms with Crippen molar-refractivity contribution in [3.8, 4) is 0 Å². The number of carbonyl (C=O) groups excluding carboxylic acids is 1. The summed E-state index contributed by atoms with van der Waals surface area (Å²) < 4.78 is 11.0. The van der Waals surface area contributed by atoms with E-state index in [0.717, 1.165) is 11.1 Å². The van der Waals surface area contributed by atoms with E-state index >= 15 is 0 Å². The molecule has 0 spiro atoms. The third-order valence-corrected chi connectivity index (χ3v) is 4.56. The number of amides is 1. The summed E-state index contributed by atoms with van der Waals surface area (Å²) in [5.41, 5.74) is 2.25. The molecule has 0 aliphatic carbocycles. The van der Waals surface area contributed by atoms with Gasteiger partial charge in [0.05, 0.1) is 13.2 Å². The molecule has 130 valence electrons. The van der Waals surface area contributed by atoms with Gasteiger partial charge in [-0.2, -0.15) is 0 Å². The first kappa shape index (κ1) is 15.8. The summed E-state index contributed by atoms with van der Waals surface area (Å²) in [6.45, 7) is 3.20. The lowest BCUT2D eigenvalue weighted by atomic mass is 10.1. The minimum atomic E-state index is -0.301. The molecule has 1 aliphatic rings. The molecular formula is C18H20N4O3. The van der Waals surface area contributed by atoms with Crippen molar-refractivity contribution in [1.29, 1.82) is 0 Å². The van der Waals surface area contributed by atoms with Crippen molar-refractivity contribution in [2.24, 2.45) is 0 Å². The Balaban J connectivity index is 1.47. The summed E-state index contributed by atoms with van der Waals surface area (Å²) in [6.07, 6.45) is 3.11. The van der Waals surface area contributed by atoms with E-state index in [4.69, 9.17) is 9.15 Å². The minimum absolute atomic E-state index is 0.0782. The zero-order valence-corrected chi connectivity index (χ0v) is 14.1. The predicted octanol–water partition coefficient (Wildman–Crippen LogP) is 2.39. The van der Waals surface area contributed by atoms with Crippen molar-refractivity contribution in [2.75, 3.05) is 19.8 Å². The highest BCUT2D eigenvalue weighted by molar-refractivity contribution is 5.84. The average molecular weight is 340 g/mol. The number of para-hydroxylation sites is 1. The molecule has 3 heterocycles. The Morgan fingerprint density at radius 1 is 1.36 bits per heavy atom. The minimum Gasteiger partial charge on any atom is -0.423 e. The molecule has 1 atom stereocenters. The van der Waals surface area contributed by atoms with Crippen LogP contribution in [0, 0.1) is 6.92 Å². The van der Waals surface area contributed by atoms with Gasteiger partial charge in [0.1, 0.15) is 6.04 Å². The molecule has 3 aromatic rings. The van der Waals surface area contributed by atoms with Crippen molar-refractivity contribution in [3.63, 3.8) is 0 Å². The zero-order valence-electron chi connectivity index (χ0n) is 14.1. The highest BCUT2D eigenvalue weighted by atomic mass is 16.5. The lowest BCUT2D eigenvalue weighted by Gasteiger charge is -2.33. The number of hydrogen-bond donors (Lipinski definition) is 1. The van der Waals surface area contributed by atoms with Gasteiger partial charge in [0, 0.05) is 37.0 Å². The molecule has 2 aromatic heterocycles. The molecule has 1 saturated heterocycles.